The van der Waals surface area contributed by atoms with Crippen molar-refractivity contribution in [2.75, 3.05) is 12.0 Å². The number of Topliss-reactive ketones (excluding diaryl/α,β-unsaturated/α-hetero) is 1. The molecule has 0 saturated carbocycles. The Hall–Kier alpha value is -1.90. The van der Waals surface area contributed by atoms with Gasteiger partial charge in [-0.15, -0.1) is 0 Å². The van der Waals surface area contributed by atoms with Crippen molar-refractivity contribution in [3.63, 3.8) is 0 Å². The van der Waals surface area contributed by atoms with E-state index in [1.165, 1.54) is 0 Å². The maximum atomic E-state index is 12.5. The predicted molar refractivity (Wildman–Crippen MR) is 64.2 cm³/mol. The lowest BCUT2D eigenvalue weighted by Gasteiger charge is -2.05. The smallest absolute Gasteiger partial charge is 0.291 e. The Labute approximate surface area is 111 Å². The summed E-state index contributed by atoms with van der Waals surface area (Å²) >= 11 is 0. The fourth-order valence-corrected chi connectivity index (χ4v) is 2.24. The van der Waals surface area contributed by atoms with Gasteiger partial charge in [-0.1, -0.05) is 0 Å². The third kappa shape index (κ3) is 3.16. The Morgan fingerprint density at radius 1 is 1.35 bits per heavy atom. The lowest BCUT2D eigenvalue weighted by molar-refractivity contribution is -0.137. The molecule has 0 N–H and O–H groups in total. The molecule has 5 nitrogen and oxygen atoms in total. The molecule has 2 rings (SSSR count). The fraction of sp³-hybridized carbons (Fsp3) is 0.273. The van der Waals surface area contributed by atoms with E-state index >= 15 is 0 Å². The first-order valence-corrected chi connectivity index (χ1v) is 7.40. The molecule has 0 amide bonds. The van der Waals surface area contributed by atoms with E-state index in [1.807, 2.05) is 0 Å². The molecule has 2 aromatic heterocycles. The van der Waals surface area contributed by atoms with Crippen LogP contribution in [0.15, 0.2) is 24.4 Å². The van der Waals surface area contributed by atoms with E-state index in [2.05, 4.69) is 5.10 Å². The van der Waals surface area contributed by atoms with Crippen molar-refractivity contribution in [1.82, 2.24) is 9.61 Å². The van der Waals surface area contributed by atoms with Crippen LogP contribution in [0.2, 0.25) is 0 Å². The number of sulfone groups is 1. The molecule has 0 bridgehead atoms. The van der Waals surface area contributed by atoms with Crippen LogP contribution >= 0.6 is 0 Å². The Morgan fingerprint density at radius 3 is 2.55 bits per heavy atom. The number of hydrogen-bond acceptors (Lipinski definition) is 4. The Morgan fingerprint density at radius 2 is 2.00 bits per heavy atom. The minimum absolute atomic E-state index is 0.0664. The summed E-state index contributed by atoms with van der Waals surface area (Å²) < 4.78 is 60.7. The summed E-state index contributed by atoms with van der Waals surface area (Å²) in [5, 5.41) is 3.76. The van der Waals surface area contributed by atoms with Gasteiger partial charge in [0.05, 0.1) is 11.1 Å². The molecule has 0 spiro atoms. The molecule has 0 radical (unpaired) electrons. The van der Waals surface area contributed by atoms with E-state index < -0.39 is 33.1 Å². The molecule has 0 fully saturated rings. The molecular formula is C11H9F3N2O3S. The van der Waals surface area contributed by atoms with E-state index in [1.54, 1.807) is 0 Å². The average Bonchev–Trinajstić information content (AvgIpc) is 2.67. The second-order valence-electron chi connectivity index (χ2n) is 4.31. The zero-order chi connectivity index (χ0) is 15.1. The summed E-state index contributed by atoms with van der Waals surface area (Å²) in [5.41, 5.74) is -0.988. The van der Waals surface area contributed by atoms with Crippen molar-refractivity contribution >= 4 is 21.1 Å². The molecule has 0 aliphatic carbocycles. The van der Waals surface area contributed by atoms with E-state index in [0.717, 1.165) is 35.2 Å². The van der Waals surface area contributed by atoms with Gasteiger partial charge in [0, 0.05) is 12.5 Å². The molecule has 2 heterocycles. The fourth-order valence-electron chi connectivity index (χ4n) is 1.62. The summed E-state index contributed by atoms with van der Waals surface area (Å²) in [7, 11) is -3.52. The van der Waals surface area contributed by atoms with Gasteiger partial charge in [-0.2, -0.15) is 18.3 Å². The number of aromatic nitrogens is 2. The van der Waals surface area contributed by atoms with Crippen molar-refractivity contribution in [2.24, 2.45) is 0 Å². The number of rotatable bonds is 3. The van der Waals surface area contributed by atoms with Crippen LogP contribution in [0.3, 0.4) is 0 Å². The van der Waals surface area contributed by atoms with Crippen molar-refractivity contribution in [3.05, 3.63) is 35.7 Å². The maximum Gasteiger partial charge on any atom is 0.416 e. The molecule has 9 heteroatoms. The molecule has 0 unspecified atom stereocenters. The highest BCUT2D eigenvalue weighted by Gasteiger charge is 2.30. The molecule has 0 aromatic carbocycles. The molecule has 0 saturated heterocycles. The van der Waals surface area contributed by atoms with Crippen molar-refractivity contribution < 1.29 is 26.4 Å². The molecule has 0 aliphatic heterocycles. The number of nitrogens with zero attached hydrogens (tertiary/aromatic N) is 2. The largest absolute Gasteiger partial charge is 0.416 e. The highest BCUT2D eigenvalue weighted by molar-refractivity contribution is 7.91. The Kier molecular flexibility index (Phi) is 3.32. The summed E-state index contributed by atoms with van der Waals surface area (Å²) in [6, 6.07) is 2.79. The zero-order valence-corrected chi connectivity index (χ0v) is 11.0. The van der Waals surface area contributed by atoms with Gasteiger partial charge in [0.25, 0.3) is 0 Å². The first kappa shape index (κ1) is 14.5. The van der Waals surface area contributed by atoms with Gasteiger partial charge < -0.3 is 0 Å². The van der Waals surface area contributed by atoms with Crippen LogP contribution in [0.25, 0.3) is 5.52 Å². The van der Waals surface area contributed by atoms with Crippen LogP contribution < -0.4 is 0 Å². The van der Waals surface area contributed by atoms with Crippen molar-refractivity contribution in [1.29, 1.82) is 0 Å². The molecule has 2 aromatic rings. The van der Waals surface area contributed by atoms with Gasteiger partial charge in [0.15, 0.2) is 15.6 Å². The SMILES string of the molecule is CS(=O)(=O)CC(=O)c1cc2cc(C(F)(F)F)ccn2n1. The Balaban J connectivity index is 2.42. The standard InChI is InChI=1S/C11H9F3N2O3S/c1-20(18,19)6-10(17)9-5-8-4-7(11(12,13)14)2-3-16(8)15-9/h2-5H,6H2,1H3. The highest BCUT2D eigenvalue weighted by atomic mass is 32.2. The molecule has 0 aliphatic rings. The number of hydrogen-bond donors (Lipinski definition) is 0. The van der Waals surface area contributed by atoms with Crippen LogP contribution in [0.4, 0.5) is 13.2 Å². The van der Waals surface area contributed by atoms with Crippen LogP contribution in [0, 0.1) is 0 Å². The summed E-state index contributed by atoms with van der Waals surface area (Å²) in [6.45, 7) is 0. The topological polar surface area (TPSA) is 68.5 Å². The number of ketones is 1. The summed E-state index contributed by atoms with van der Waals surface area (Å²) in [6.07, 6.45) is -2.54. The number of pyridine rings is 1. The van der Waals surface area contributed by atoms with Gasteiger partial charge in [0.1, 0.15) is 11.4 Å². The number of halogens is 3. The normalized spacial score (nSPS) is 12.8. The van der Waals surface area contributed by atoms with E-state index in [4.69, 9.17) is 0 Å². The maximum absolute atomic E-state index is 12.5. The number of fused-ring (bicyclic) bond motifs is 1. The van der Waals surface area contributed by atoms with Gasteiger partial charge in [-0.05, 0) is 18.2 Å². The third-order valence-electron chi connectivity index (χ3n) is 2.47. The van der Waals surface area contributed by atoms with Crippen LogP contribution in [0.1, 0.15) is 16.1 Å². The van der Waals surface area contributed by atoms with E-state index in [0.29, 0.717) is 0 Å². The highest BCUT2D eigenvalue weighted by Crippen LogP contribution is 2.29. The van der Waals surface area contributed by atoms with E-state index in [9.17, 15) is 26.4 Å². The monoisotopic (exact) mass is 306 g/mol. The molecule has 108 valence electrons. The second-order valence-corrected chi connectivity index (χ2v) is 6.45. The minimum atomic E-state index is -4.50. The van der Waals surface area contributed by atoms with Gasteiger partial charge >= 0.3 is 6.18 Å². The van der Waals surface area contributed by atoms with Crippen LogP contribution in [0.5, 0.6) is 0 Å². The summed E-state index contributed by atoms with van der Waals surface area (Å²) in [4.78, 5) is 11.6. The third-order valence-corrected chi connectivity index (χ3v) is 3.26. The average molecular weight is 306 g/mol. The first-order chi connectivity index (χ1) is 9.06. The van der Waals surface area contributed by atoms with Crippen LogP contribution in [-0.4, -0.2) is 35.8 Å². The molecule has 20 heavy (non-hydrogen) atoms. The lowest BCUT2D eigenvalue weighted by Crippen LogP contribution is -2.15. The molecular weight excluding hydrogens is 297 g/mol. The van der Waals surface area contributed by atoms with E-state index in [-0.39, 0.29) is 11.2 Å². The summed E-state index contributed by atoms with van der Waals surface area (Å²) in [5.74, 6) is -1.49. The van der Waals surface area contributed by atoms with Crippen LogP contribution in [-0.2, 0) is 16.0 Å². The quantitative estimate of drug-likeness (QED) is 0.807. The zero-order valence-electron chi connectivity index (χ0n) is 10.2. The Bertz CT molecular complexity index is 778. The van der Waals surface area contributed by atoms with Gasteiger partial charge in [-0.25, -0.2) is 12.9 Å². The number of carbonyl (C=O) groups is 1. The predicted octanol–water partition coefficient (Wildman–Crippen LogP) is 1.58. The second kappa shape index (κ2) is 4.58. The number of carbonyl (C=O) groups excluding carboxylic acids is 1. The van der Waals surface area contributed by atoms with Gasteiger partial charge in [0.2, 0.25) is 0 Å². The number of alkyl halides is 3. The minimum Gasteiger partial charge on any atom is -0.291 e. The molecule has 0 atom stereocenters. The first-order valence-electron chi connectivity index (χ1n) is 5.34. The van der Waals surface area contributed by atoms with Gasteiger partial charge in [-0.3, -0.25) is 4.79 Å². The van der Waals surface area contributed by atoms with Crippen molar-refractivity contribution in [3.8, 4) is 0 Å². The lowest BCUT2D eigenvalue weighted by atomic mass is 10.2. The van der Waals surface area contributed by atoms with Crippen molar-refractivity contribution in [2.45, 2.75) is 6.18 Å².